The normalized spacial score (nSPS) is 24.3. The van der Waals surface area contributed by atoms with Crippen molar-refractivity contribution in [2.45, 2.75) is 31.4 Å². The molecule has 2 saturated heterocycles. The molecule has 1 N–H and O–H groups in total. The molecule has 2 fully saturated rings. The molecular formula is C18H22N2O2S. The maximum Gasteiger partial charge on any atom is 0.256 e. The number of aromatic amines is 1. The van der Waals surface area contributed by atoms with Crippen LogP contribution in [0.3, 0.4) is 0 Å². The van der Waals surface area contributed by atoms with Gasteiger partial charge in [-0.3, -0.25) is 4.79 Å². The Labute approximate surface area is 140 Å². The number of carbonyl (C=O) groups is 1. The number of amides is 1. The minimum atomic E-state index is 0.140. The molecule has 3 heterocycles. The van der Waals surface area contributed by atoms with Crippen LogP contribution in [0.4, 0.5) is 0 Å². The molecule has 0 aliphatic carbocycles. The predicted molar refractivity (Wildman–Crippen MR) is 94.0 cm³/mol. The summed E-state index contributed by atoms with van der Waals surface area (Å²) in [7, 11) is 0. The van der Waals surface area contributed by atoms with Crippen molar-refractivity contribution in [1.29, 1.82) is 0 Å². The zero-order chi connectivity index (χ0) is 15.6. The number of aromatic nitrogens is 1. The highest BCUT2D eigenvalue weighted by molar-refractivity contribution is 7.99. The number of para-hydroxylation sites is 1. The minimum absolute atomic E-state index is 0.140. The Bertz CT molecular complexity index is 687. The molecule has 4 rings (SSSR count). The first-order valence-corrected chi connectivity index (χ1v) is 9.55. The number of thioether (sulfide) groups is 1. The van der Waals surface area contributed by atoms with E-state index < -0.39 is 0 Å². The smallest absolute Gasteiger partial charge is 0.256 e. The van der Waals surface area contributed by atoms with Crippen molar-refractivity contribution in [2.75, 3.05) is 24.7 Å². The molecule has 5 heteroatoms. The molecule has 1 aromatic carbocycles. The van der Waals surface area contributed by atoms with E-state index in [-0.39, 0.29) is 12.0 Å². The number of hydrogen-bond donors (Lipinski definition) is 1. The molecule has 2 atom stereocenters. The van der Waals surface area contributed by atoms with Crippen LogP contribution in [-0.2, 0) is 4.74 Å². The number of rotatable bonds is 4. The molecule has 1 aromatic heterocycles. The van der Waals surface area contributed by atoms with Crippen molar-refractivity contribution >= 4 is 28.6 Å². The molecule has 0 saturated carbocycles. The standard InChI is InChI=1S/C18H22N2O2S/c21-18(16-5-1-3-13-6-8-19-17(13)16)20(14-7-10-23-12-14)11-15-4-2-9-22-15/h1,3,5-6,8,14-15,19H,2,4,7,9-12H2. The maximum atomic E-state index is 13.3. The Balaban J connectivity index is 1.64. The van der Waals surface area contributed by atoms with Gasteiger partial charge in [-0.05, 0) is 37.1 Å². The van der Waals surface area contributed by atoms with Crippen LogP contribution < -0.4 is 0 Å². The molecule has 0 spiro atoms. The number of H-pyrrole nitrogens is 1. The Kier molecular flexibility index (Phi) is 4.31. The van der Waals surface area contributed by atoms with Crippen molar-refractivity contribution in [3.05, 3.63) is 36.0 Å². The van der Waals surface area contributed by atoms with Gasteiger partial charge in [0.15, 0.2) is 0 Å². The third-order valence-electron chi connectivity index (χ3n) is 4.85. The number of nitrogens with one attached hydrogen (secondary N) is 1. The zero-order valence-electron chi connectivity index (χ0n) is 13.2. The van der Waals surface area contributed by atoms with Gasteiger partial charge >= 0.3 is 0 Å². The Morgan fingerprint density at radius 3 is 3.09 bits per heavy atom. The molecule has 122 valence electrons. The van der Waals surface area contributed by atoms with Gasteiger partial charge < -0.3 is 14.6 Å². The molecule has 4 nitrogen and oxygen atoms in total. The largest absolute Gasteiger partial charge is 0.376 e. The summed E-state index contributed by atoms with van der Waals surface area (Å²) in [6.07, 6.45) is 5.36. The molecule has 2 unspecified atom stereocenters. The first-order chi connectivity index (χ1) is 11.3. The monoisotopic (exact) mass is 330 g/mol. The maximum absolute atomic E-state index is 13.3. The molecular weight excluding hydrogens is 308 g/mol. The van der Waals surface area contributed by atoms with Crippen LogP contribution in [-0.4, -0.2) is 52.6 Å². The zero-order valence-corrected chi connectivity index (χ0v) is 14.0. The SMILES string of the molecule is O=C(c1cccc2cc[nH]c12)N(CC1CCCO1)C1CCSC1. The fraction of sp³-hybridized carbons (Fsp3) is 0.500. The minimum Gasteiger partial charge on any atom is -0.376 e. The van der Waals surface area contributed by atoms with E-state index in [4.69, 9.17) is 4.74 Å². The first kappa shape index (κ1) is 15.1. The van der Waals surface area contributed by atoms with E-state index in [0.29, 0.717) is 6.04 Å². The number of hydrogen-bond acceptors (Lipinski definition) is 3. The van der Waals surface area contributed by atoms with Gasteiger partial charge in [-0.2, -0.15) is 11.8 Å². The summed E-state index contributed by atoms with van der Waals surface area (Å²) < 4.78 is 5.79. The van der Waals surface area contributed by atoms with Gasteiger partial charge in [0, 0.05) is 36.5 Å². The average molecular weight is 330 g/mol. The lowest BCUT2D eigenvalue weighted by Gasteiger charge is -2.31. The fourth-order valence-corrected chi connectivity index (χ4v) is 4.82. The summed E-state index contributed by atoms with van der Waals surface area (Å²) in [5.74, 6) is 2.33. The Hall–Kier alpha value is -1.46. The Morgan fingerprint density at radius 1 is 1.35 bits per heavy atom. The summed E-state index contributed by atoms with van der Waals surface area (Å²) in [6.45, 7) is 1.56. The van der Waals surface area contributed by atoms with E-state index >= 15 is 0 Å². The van der Waals surface area contributed by atoms with Crippen LogP contribution in [0.5, 0.6) is 0 Å². The van der Waals surface area contributed by atoms with E-state index in [9.17, 15) is 4.79 Å². The van der Waals surface area contributed by atoms with Crippen molar-refractivity contribution in [3.8, 4) is 0 Å². The van der Waals surface area contributed by atoms with E-state index in [1.54, 1.807) is 0 Å². The van der Waals surface area contributed by atoms with Gasteiger partial charge in [0.1, 0.15) is 0 Å². The van der Waals surface area contributed by atoms with Crippen molar-refractivity contribution < 1.29 is 9.53 Å². The van der Waals surface area contributed by atoms with E-state index in [1.165, 1.54) is 0 Å². The summed E-state index contributed by atoms with van der Waals surface area (Å²) in [4.78, 5) is 18.6. The summed E-state index contributed by atoms with van der Waals surface area (Å²) >= 11 is 1.94. The van der Waals surface area contributed by atoms with E-state index in [1.807, 2.05) is 42.2 Å². The number of ether oxygens (including phenoxy) is 1. The predicted octanol–water partition coefficient (Wildman–Crippen LogP) is 3.29. The second-order valence-electron chi connectivity index (χ2n) is 6.36. The lowest BCUT2D eigenvalue weighted by molar-refractivity contribution is 0.0443. The van der Waals surface area contributed by atoms with Crippen LogP contribution in [0.15, 0.2) is 30.5 Å². The van der Waals surface area contributed by atoms with Gasteiger partial charge in [-0.1, -0.05) is 12.1 Å². The third kappa shape index (κ3) is 3.00. The molecule has 23 heavy (non-hydrogen) atoms. The van der Waals surface area contributed by atoms with Crippen LogP contribution >= 0.6 is 11.8 Å². The summed E-state index contributed by atoms with van der Waals surface area (Å²) in [5, 5.41) is 1.09. The molecule has 0 bridgehead atoms. The topological polar surface area (TPSA) is 45.3 Å². The van der Waals surface area contributed by atoms with Crippen molar-refractivity contribution in [2.24, 2.45) is 0 Å². The van der Waals surface area contributed by atoms with Gasteiger partial charge in [0.05, 0.1) is 17.2 Å². The second kappa shape index (κ2) is 6.57. The summed E-state index contributed by atoms with van der Waals surface area (Å²) in [5.41, 5.74) is 1.72. The van der Waals surface area contributed by atoms with E-state index in [0.717, 1.165) is 60.4 Å². The van der Waals surface area contributed by atoms with Crippen LogP contribution in [0.2, 0.25) is 0 Å². The fourth-order valence-electron chi connectivity index (χ4n) is 3.59. The first-order valence-electron chi connectivity index (χ1n) is 8.39. The van der Waals surface area contributed by atoms with Crippen LogP contribution in [0.1, 0.15) is 29.6 Å². The number of fused-ring (bicyclic) bond motifs is 1. The van der Waals surface area contributed by atoms with Gasteiger partial charge in [-0.15, -0.1) is 0 Å². The number of nitrogens with zero attached hydrogens (tertiary/aromatic N) is 1. The van der Waals surface area contributed by atoms with Crippen molar-refractivity contribution in [3.63, 3.8) is 0 Å². The quantitative estimate of drug-likeness (QED) is 0.935. The third-order valence-corrected chi connectivity index (χ3v) is 5.99. The molecule has 2 aliphatic rings. The van der Waals surface area contributed by atoms with Crippen LogP contribution in [0, 0.1) is 0 Å². The van der Waals surface area contributed by atoms with Crippen LogP contribution in [0.25, 0.3) is 10.9 Å². The van der Waals surface area contributed by atoms with Crippen molar-refractivity contribution in [1.82, 2.24) is 9.88 Å². The van der Waals surface area contributed by atoms with Gasteiger partial charge in [0.25, 0.3) is 5.91 Å². The molecule has 2 aromatic rings. The van der Waals surface area contributed by atoms with Gasteiger partial charge in [-0.25, -0.2) is 0 Å². The van der Waals surface area contributed by atoms with Gasteiger partial charge in [0.2, 0.25) is 0 Å². The Morgan fingerprint density at radius 2 is 2.30 bits per heavy atom. The highest BCUT2D eigenvalue weighted by atomic mass is 32.2. The molecule has 0 radical (unpaired) electrons. The highest BCUT2D eigenvalue weighted by Crippen LogP contribution is 2.27. The molecule has 2 aliphatic heterocycles. The number of benzene rings is 1. The van der Waals surface area contributed by atoms with E-state index in [2.05, 4.69) is 9.88 Å². The second-order valence-corrected chi connectivity index (χ2v) is 7.51. The lowest BCUT2D eigenvalue weighted by atomic mass is 10.1. The number of carbonyl (C=O) groups excluding carboxylic acids is 1. The highest BCUT2D eigenvalue weighted by Gasteiger charge is 2.31. The summed E-state index contributed by atoms with van der Waals surface area (Å²) in [6, 6.07) is 8.30. The average Bonchev–Trinajstić information content (AvgIpc) is 3.33. The molecule has 1 amide bonds. The lowest BCUT2D eigenvalue weighted by Crippen LogP contribution is -2.44.